The average molecular weight is 372 g/mol. The van der Waals surface area contributed by atoms with E-state index in [0.29, 0.717) is 46.8 Å². The number of primary amides is 1. The maximum absolute atomic E-state index is 12.7. The monoisotopic (exact) mass is 372 g/mol. The molecule has 0 spiro atoms. The van der Waals surface area contributed by atoms with Crippen LogP contribution in [-0.4, -0.2) is 25.0 Å². The van der Waals surface area contributed by atoms with E-state index in [9.17, 15) is 9.59 Å². The number of ether oxygens (including phenoxy) is 2. The quantitative estimate of drug-likeness (QED) is 0.866. The van der Waals surface area contributed by atoms with E-state index in [-0.39, 0.29) is 5.91 Å². The van der Waals surface area contributed by atoms with Crippen LogP contribution in [0.5, 0.6) is 11.5 Å². The third-order valence-electron chi connectivity index (χ3n) is 4.79. The van der Waals surface area contributed by atoms with E-state index in [1.54, 1.807) is 18.2 Å². The maximum Gasteiger partial charge on any atom is 0.256 e. The van der Waals surface area contributed by atoms with Gasteiger partial charge in [-0.1, -0.05) is 6.92 Å². The number of carbonyl (C=O) groups excluding carboxylic acids is 2. The molecule has 136 valence electrons. The number of thiophene rings is 1. The van der Waals surface area contributed by atoms with Crippen LogP contribution in [0.2, 0.25) is 0 Å². The van der Waals surface area contributed by atoms with Gasteiger partial charge in [0.25, 0.3) is 11.8 Å². The van der Waals surface area contributed by atoms with Crippen LogP contribution in [0.15, 0.2) is 18.2 Å². The Morgan fingerprint density at radius 2 is 2.00 bits per heavy atom. The van der Waals surface area contributed by atoms with Gasteiger partial charge in [-0.25, -0.2) is 0 Å². The van der Waals surface area contributed by atoms with Crippen molar-refractivity contribution in [3.8, 4) is 11.5 Å². The third kappa shape index (κ3) is 3.03. The van der Waals surface area contributed by atoms with E-state index in [2.05, 4.69) is 12.2 Å². The highest BCUT2D eigenvalue weighted by molar-refractivity contribution is 7.17. The summed E-state index contributed by atoms with van der Waals surface area (Å²) in [5, 5.41) is 3.41. The van der Waals surface area contributed by atoms with Gasteiger partial charge < -0.3 is 20.5 Å². The fourth-order valence-corrected chi connectivity index (χ4v) is 4.87. The lowest BCUT2D eigenvalue weighted by atomic mass is 9.88. The van der Waals surface area contributed by atoms with Crippen LogP contribution in [0.1, 0.15) is 44.5 Å². The van der Waals surface area contributed by atoms with Gasteiger partial charge in [-0.05, 0) is 48.9 Å². The fraction of sp³-hybridized carbons (Fsp3) is 0.368. The zero-order valence-corrected chi connectivity index (χ0v) is 15.3. The SMILES string of the molecule is CC1CCc2c(sc(NC(=O)c3ccc4c(c3)OCCO4)c2C(N)=O)C1. The maximum atomic E-state index is 12.7. The molecule has 6 nitrogen and oxygen atoms in total. The Morgan fingerprint density at radius 3 is 2.77 bits per heavy atom. The summed E-state index contributed by atoms with van der Waals surface area (Å²) >= 11 is 1.46. The molecule has 0 bridgehead atoms. The van der Waals surface area contributed by atoms with Crippen LogP contribution >= 0.6 is 11.3 Å². The van der Waals surface area contributed by atoms with Crippen LogP contribution in [0.25, 0.3) is 0 Å². The molecule has 1 unspecified atom stereocenters. The first-order valence-corrected chi connectivity index (χ1v) is 9.50. The molecule has 1 aliphatic carbocycles. The second kappa shape index (κ2) is 6.64. The molecule has 0 saturated carbocycles. The summed E-state index contributed by atoms with van der Waals surface area (Å²) in [6, 6.07) is 5.06. The van der Waals surface area contributed by atoms with Crippen molar-refractivity contribution >= 4 is 28.2 Å². The van der Waals surface area contributed by atoms with Crippen molar-refractivity contribution in [2.24, 2.45) is 11.7 Å². The molecule has 0 saturated heterocycles. The first-order valence-electron chi connectivity index (χ1n) is 8.68. The molecule has 1 atom stereocenters. The lowest BCUT2D eigenvalue weighted by Gasteiger charge is -2.18. The van der Waals surface area contributed by atoms with Crippen molar-refractivity contribution in [3.63, 3.8) is 0 Å². The largest absolute Gasteiger partial charge is 0.486 e. The minimum Gasteiger partial charge on any atom is -0.486 e. The number of hydrogen-bond donors (Lipinski definition) is 2. The molecule has 2 aromatic rings. The summed E-state index contributed by atoms with van der Waals surface area (Å²) in [4.78, 5) is 25.8. The van der Waals surface area contributed by atoms with Crippen molar-refractivity contribution in [3.05, 3.63) is 39.8 Å². The molecule has 7 heteroatoms. The number of nitrogens with one attached hydrogen (secondary N) is 1. The molecule has 0 fully saturated rings. The van der Waals surface area contributed by atoms with E-state index in [1.807, 2.05) is 0 Å². The number of rotatable bonds is 3. The number of benzene rings is 1. The molecule has 1 aromatic carbocycles. The molecule has 3 N–H and O–H groups in total. The van der Waals surface area contributed by atoms with Crippen LogP contribution in [-0.2, 0) is 12.8 Å². The van der Waals surface area contributed by atoms with Gasteiger partial charge >= 0.3 is 0 Å². The number of anilines is 1. The molecule has 2 heterocycles. The van der Waals surface area contributed by atoms with Crippen molar-refractivity contribution in [2.45, 2.75) is 26.2 Å². The van der Waals surface area contributed by atoms with E-state index in [1.165, 1.54) is 11.3 Å². The normalized spacial score (nSPS) is 18.1. The zero-order valence-electron chi connectivity index (χ0n) is 14.5. The minimum atomic E-state index is -0.491. The van der Waals surface area contributed by atoms with E-state index >= 15 is 0 Å². The number of carbonyl (C=O) groups is 2. The third-order valence-corrected chi connectivity index (χ3v) is 5.96. The lowest BCUT2D eigenvalue weighted by molar-refractivity contribution is 0.1000. The Morgan fingerprint density at radius 1 is 1.23 bits per heavy atom. The summed E-state index contributed by atoms with van der Waals surface area (Å²) in [5.74, 6) is 0.971. The molecule has 26 heavy (non-hydrogen) atoms. The summed E-state index contributed by atoms with van der Waals surface area (Å²) in [5.41, 5.74) is 7.51. The lowest BCUT2D eigenvalue weighted by Crippen LogP contribution is -2.20. The van der Waals surface area contributed by atoms with Crippen molar-refractivity contribution in [1.82, 2.24) is 0 Å². The molecule has 0 radical (unpaired) electrons. The van der Waals surface area contributed by atoms with Gasteiger partial charge in [0.2, 0.25) is 0 Å². The number of hydrogen-bond acceptors (Lipinski definition) is 5. The molecule has 4 rings (SSSR count). The van der Waals surface area contributed by atoms with Gasteiger partial charge in [-0.15, -0.1) is 11.3 Å². The predicted octanol–water partition coefficient (Wildman–Crippen LogP) is 3.00. The molecular formula is C19H20N2O4S. The summed E-state index contributed by atoms with van der Waals surface area (Å²) < 4.78 is 11.0. The second-order valence-corrected chi connectivity index (χ2v) is 7.84. The van der Waals surface area contributed by atoms with E-state index in [0.717, 1.165) is 29.7 Å². The first-order chi connectivity index (χ1) is 12.5. The molecule has 1 aliphatic heterocycles. The predicted molar refractivity (Wildman–Crippen MR) is 99.4 cm³/mol. The fourth-order valence-electron chi connectivity index (χ4n) is 3.46. The van der Waals surface area contributed by atoms with Crippen molar-refractivity contribution in [1.29, 1.82) is 0 Å². The van der Waals surface area contributed by atoms with Gasteiger partial charge in [0.1, 0.15) is 18.2 Å². The highest BCUT2D eigenvalue weighted by Gasteiger charge is 2.27. The van der Waals surface area contributed by atoms with Crippen LogP contribution in [0.4, 0.5) is 5.00 Å². The summed E-state index contributed by atoms with van der Waals surface area (Å²) in [6.07, 6.45) is 2.77. The highest BCUT2D eigenvalue weighted by Crippen LogP contribution is 2.40. The minimum absolute atomic E-state index is 0.295. The first kappa shape index (κ1) is 16.9. The summed E-state index contributed by atoms with van der Waals surface area (Å²) in [6.45, 7) is 3.15. The Bertz CT molecular complexity index is 890. The van der Waals surface area contributed by atoms with Crippen molar-refractivity contribution < 1.29 is 19.1 Å². The number of nitrogens with two attached hydrogens (primary N) is 1. The standard InChI is InChI=1S/C19H20N2O4S/c1-10-2-4-12-15(8-10)26-19(16(12)17(20)22)21-18(23)11-3-5-13-14(9-11)25-7-6-24-13/h3,5,9-10H,2,4,6-8H2,1H3,(H2,20,22)(H,21,23). The summed E-state index contributed by atoms with van der Waals surface area (Å²) in [7, 11) is 0. The van der Waals surface area contributed by atoms with Gasteiger partial charge in [-0.2, -0.15) is 0 Å². The zero-order chi connectivity index (χ0) is 18.3. The Balaban J connectivity index is 1.63. The molecule has 2 aliphatic rings. The molecule has 2 amide bonds. The Kier molecular flexibility index (Phi) is 4.32. The highest BCUT2D eigenvalue weighted by atomic mass is 32.1. The number of amides is 2. The Labute approximate surface area is 155 Å². The van der Waals surface area contributed by atoms with Crippen LogP contribution in [0.3, 0.4) is 0 Å². The van der Waals surface area contributed by atoms with Gasteiger partial charge in [0, 0.05) is 10.4 Å². The van der Waals surface area contributed by atoms with Gasteiger partial charge in [-0.3, -0.25) is 9.59 Å². The topological polar surface area (TPSA) is 90.7 Å². The van der Waals surface area contributed by atoms with E-state index in [4.69, 9.17) is 15.2 Å². The second-order valence-electron chi connectivity index (χ2n) is 6.73. The van der Waals surface area contributed by atoms with Gasteiger partial charge in [0.05, 0.1) is 5.56 Å². The number of fused-ring (bicyclic) bond motifs is 2. The smallest absolute Gasteiger partial charge is 0.256 e. The molecule has 1 aromatic heterocycles. The Hall–Kier alpha value is -2.54. The van der Waals surface area contributed by atoms with Crippen molar-refractivity contribution in [2.75, 3.05) is 18.5 Å². The van der Waals surface area contributed by atoms with E-state index < -0.39 is 5.91 Å². The average Bonchev–Trinajstić information content (AvgIpc) is 2.98. The van der Waals surface area contributed by atoms with Crippen LogP contribution < -0.4 is 20.5 Å². The molecular weight excluding hydrogens is 352 g/mol. The van der Waals surface area contributed by atoms with Gasteiger partial charge in [0.15, 0.2) is 11.5 Å². The van der Waals surface area contributed by atoms with Crippen LogP contribution in [0, 0.1) is 5.92 Å².